The van der Waals surface area contributed by atoms with Crippen LogP contribution < -0.4 is 5.32 Å². The van der Waals surface area contributed by atoms with Gasteiger partial charge in [-0.1, -0.05) is 31.7 Å². The Hall–Kier alpha value is -2.98. The topological polar surface area (TPSA) is 95.1 Å². The number of thiocarbonyl (C=S) groups is 1. The first kappa shape index (κ1) is 22.7. The summed E-state index contributed by atoms with van der Waals surface area (Å²) in [4.78, 5) is 20.5. The van der Waals surface area contributed by atoms with Crippen molar-refractivity contribution in [3.63, 3.8) is 0 Å². The molecule has 3 rings (SSSR count). The first-order valence-electron chi connectivity index (χ1n) is 9.64. The highest BCUT2D eigenvalue weighted by molar-refractivity contribution is 7.99. The van der Waals surface area contributed by atoms with Crippen molar-refractivity contribution in [2.75, 3.05) is 7.05 Å². The molecule has 10 heteroatoms. The van der Waals surface area contributed by atoms with Crippen LogP contribution in [0.5, 0.6) is 0 Å². The molecule has 31 heavy (non-hydrogen) atoms. The second-order valence-corrected chi connectivity index (χ2v) is 8.43. The van der Waals surface area contributed by atoms with E-state index in [0.29, 0.717) is 6.54 Å². The Morgan fingerprint density at radius 3 is 2.71 bits per heavy atom. The maximum absolute atomic E-state index is 11.2. The summed E-state index contributed by atoms with van der Waals surface area (Å²) >= 11 is 6.57. The third-order valence-corrected chi connectivity index (χ3v) is 5.88. The first-order chi connectivity index (χ1) is 14.9. The zero-order valence-electron chi connectivity index (χ0n) is 17.4. The van der Waals surface area contributed by atoms with Crippen molar-refractivity contribution in [2.24, 2.45) is 0 Å². The minimum atomic E-state index is -0.389. The number of hydrogen-bond donors (Lipinski definition) is 1. The molecule has 1 aromatic carbocycles. The van der Waals surface area contributed by atoms with Gasteiger partial charge in [0.15, 0.2) is 0 Å². The van der Waals surface area contributed by atoms with Gasteiger partial charge in [0.05, 0.1) is 17.2 Å². The number of hydrogen-bond acceptors (Lipinski definition) is 7. The number of nitro benzene ring substituents is 1. The van der Waals surface area contributed by atoms with Gasteiger partial charge in [0.25, 0.3) is 10.9 Å². The van der Waals surface area contributed by atoms with Gasteiger partial charge < -0.3 is 14.6 Å². The van der Waals surface area contributed by atoms with Crippen LogP contribution in [0.2, 0.25) is 0 Å². The van der Waals surface area contributed by atoms with E-state index in [2.05, 4.69) is 28.7 Å². The lowest BCUT2D eigenvalue weighted by molar-refractivity contribution is -0.385. The van der Waals surface area contributed by atoms with E-state index in [0.717, 1.165) is 27.0 Å². The van der Waals surface area contributed by atoms with Gasteiger partial charge in [0.1, 0.15) is 17.5 Å². The van der Waals surface area contributed by atoms with Gasteiger partial charge in [-0.05, 0) is 41.9 Å². The molecule has 0 aliphatic rings. The molecule has 0 unspecified atom stereocenters. The van der Waals surface area contributed by atoms with Gasteiger partial charge in [0.2, 0.25) is 0 Å². The predicted octanol–water partition coefficient (Wildman–Crippen LogP) is 4.53. The number of aromatic nitrogens is 3. The maximum Gasteiger partial charge on any atom is 0.270 e. The van der Waals surface area contributed by atoms with Crippen molar-refractivity contribution in [1.29, 1.82) is 0 Å². The monoisotopic (exact) mass is 457 g/mol. The van der Waals surface area contributed by atoms with E-state index in [4.69, 9.17) is 21.9 Å². The number of rotatable bonds is 8. The minimum Gasteiger partial charge on any atom is -0.463 e. The molecule has 2 heterocycles. The van der Waals surface area contributed by atoms with Crippen molar-refractivity contribution in [2.45, 2.75) is 42.8 Å². The fraction of sp³-hybridized carbons (Fsp3) is 0.286. The van der Waals surface area contributed by atoms with Crippen LogP contribution in [0, 0.1) is 10.1 Å². The number of nitrogens with zero attached hydrogens (tertiary/aromatic N) is 4. The summed E-state index contributed by atoms with van der Waals surface area (Å²) in [6, 6.07) is 10.5. The van der Waals surface area contributed by atoms with Crippen LogP contribution in [0.15, 0.2) is 58.7 Å². The molecule has 0 aliphatic carbocycles. The standard InChI is InChI=1S/C21H23N5O3S2/c1-14(2)19-20(31-17-6-4-5-16(11-17)26(27)28)25(12-15-7-9-23-10-8-15)18(24-19)13-29-21(30)22-3/h4-11,14H,12-13H2,1-3H3,(H,22,30). The van der Waals surface area contributed by atoms with Crippen LogP contribution in [0.3, 0.4) is 0 Å². The Morgan fingerprint density at radius 2 is 2.06 bits per heavy atom. The third-order valence-electron chi connectivity index (χ3n) is 4.44. The second kappa shape index (κ2) is 10.4. The largest absolute Gasteiger partial charge is 0.463 e. The molecule has 3 aromatic rings. The predicted molar refractivity (Wildman–Crippen MR) is 123 cm³/mol. The Morgan fingerprint density at radius 1 is 1.32 bits per heavy atom. The minimum absolute atomic E-state index is 0.0548. The van der Waals surface area contributed by atoms with Gasteiger partial charge >= 0.3 is 0 Å². The van der Waals surface area contributed by atoms with Crippen LogP contribution in [0.25, 0.3) is 0 Å². The van der Waals surface area contributed by atoms with Crippen molar-refractivity contribution in [3.05, 3.63) is 76.0 Å². The van der Waals surface area contributed by atoms with Crippen LogP contribution >= 0.6 is 24.0 Å². The molecular weight excluding hydrogens is 434 g/mol. The van der Waals surface area contributed by atoms with Gasteiger partial charge in [-0.15, -0.1) is 0 Å². The Kier molecular flexibility index (Phi) is 7.59. The number of benzene rings is 1. The van der Waals surface area contributed by atoms with E-state index in [1.54, 1.807) is 31.6 Å². The molecule has 2 aromatic heterocycles. The maximum atomic E-state index is 11.2. The summed E-state index contributed by atoms with van der Waals surface area (Å²) in [5.41, 5.74) is 2.01. The number of nitro groups is 1. The van der Waals surface area contributed by atoms with E-state index >= 15 is 0 Å². The number of ether oxygens (including phenoxy) is 1. The van der Waals surface area contributed by atoms with E-state index in [1.807, 2.05) is 18.2 Å². The molecule has 162 valence electrons. The zero-order valence-corrected chi connectivity index (χ0v) is 19.1. The molecule has 0 fully saturated rings. The molecule has 0 spiro atoms. The Bertz CT molecular complexity index is 1070. The molecule has 0 aliphatic heterocycles. The number of imidazole rings is 1. The van der Waals surface area contributed by atoms with Crippen molar-refractivity contribution in [3.8, 4) is 0 Å². The Labute approximate surface area is 190 Å². The summed E-state index contributed by atoms with van der Waals surface area (Å²) in [7, 11) is 1.70. The molecule has 0 atom stereocenters. The molecule has 0 radical (unpaired) electrons. The highest BCUT2D eigenvalue weighted by Gasteiger charge is 2.22. The van der Waals surface area contributed by atoms with E-state index < -0.39 is 0 Å². The first-order valence-corrected chi connectivity index (χ1v) is 10.9. The highest BCUT2D eigenvalue weighted by atomic mass is 32.2. The van der Waals surface area contributed by atoms with Crippen LogP contribution in [-0.4, -0.2) is 31.7 Å². The van der Waals surface area contributed by atoms with Crippen molar-refractivity contribution in [1.82, 2.24) is 19.9 Å². The molecule has 8 nitrogen and oxygen atoms in total. The van der Waals surface area contributed by atoms with Crippen molar-refractivity contribution < 1.29 is 9.66 Å². The second-order valence-electron chi connectivity index (χ2n) is 7.00. The lowest BCUT2D eigenvalue weighted by Gasteiger charge is -2.14. The fourth-order valence-corrected chi connectivity index (χ4v) is 4.18. The van der Waals surface area contributed by atoms with Crippen LogP contribution in [0.1, 0.15) is 36.8 Å². The average molecular weight is 458 g/mol. The smallest absolute Gasteiger partial charge is 0.270 e. The molecular formula is C21H23N5O3S2. The van der Waals surface area contributed by atoms with Gasteiger partial charge in [0, 0.05) is 36.5 Å². The third kappa shape index (κ3) is 5.80. The lowest BCUT2D eigenvalue weighted by atomic mass is 10.1. The van der Waals surface area contributed by atoms with Crippen LogP contribution in [0.4, 0.5) is 5.69 Å². The quantitative estimate of drug-likeness (QED) is 0.299. The van der Waals surface area contributed by atoms with Crippen LogP contribution in [-0.2, 0) is 17.9 Å². The van der Waals surface area contributed by atoms with E-state index in [1.165, 1.54) is 17.8 Å². The van der Waals surface area contributed by atoms with Gasteiger partial charge in [-0.25, -0.2) is 4.98 Å². The highest BCUT2D eigenvalue weighted by Crippen LogP contribution is 2.36. The molecule has 0 saturated heterocycles. The summed E-state index contributed by atoms with van der Waals surface area (Å²) in [6.07, 6.45) is 3.49. The zero-order chi connectivity index (χ0) is 22.4. The fourth-order valence-electron chi connectivity index (χ4n) is 2.90. The van der Waals surface area contributed by atoms with Crippen molar-refractivity contribution >= 4 is 34.8 Å². The summed E-state index contributed by atoms with van der Waals surface area (Å²) in [5.74, 6) is 0.876. The summed E-state index contributed by atoms with van der Waals surface area (Å²) < 4.78 is 7.71. The average Bonchev–Trinajstić information content (AvgIpc) is 3.10. The summed E-state index contributed by atoms with van der Waals surface area (Å²) in [6.45, 7) is 4.91. The number of non-ortho nitro benzene ring substituents is 1. The SMILES string of the molecule is CNC(=S)OCc1nc(C(C)C)c(Sc2cccc([N+](=O)[O-])c2)n1Cc1ccncc1. The molecule has 0 bridgehead atoms. The normalized spacial score (nSPS) is 10.8. The van der Waals surface area contributed by atoms with E-state index in [9.17, 15) is 10.1 Å². The number of pyridine rings is 1. The lowest BCUT2D eigenvalue weighted by Crippen LogP contribution is -2.20. The van der Waals surface area contributed by atoms with Gasteiger partial charge in [-0.3, -0.25) is 15.1 Å². The number of nitrogens with one attached hydrogen (secondary N) is 1. The molecule has 0 saturated carbocycles. The Balaban J connectivity index is 2.05. The van der Waals surface area contributed by atoms with Gasteiger partial charge in [-0.2, -0.15) is 0 Å². The summed E-state index contributed by atoms with van der Waals surface area (Å²) in [5, 5.41) is 15.2. The molecule has 1 N–H and O–H groups in total. The molecule has 0 amide bonds. The van der Waals surface area contributed by atoms with E-state index in [-0.39, 0.29) is 28.3 Å².